The van der Waals surface area contributed by atoms with E-state index in [4.69, 9.17) is 0 Å². The fourth-order valence-electron chi connectivity index (χ4n) is 1.94. The maximum absolute atomic E-state index is 12.8. The first-order valence-corrected chi connectivity index (χ1v) is 5.39. The third-order valence-electron chi connectivity index (χ3n) is 2.79. The van der Waals surface area contributed by atoms with Crippen molar-refractivity contribution in [3.8, 4) is 0 Å². The van der Waals surface area contributed by atoms with Gasteiger partial charge >= 0.3 is 0 Å². The summed E-state index contributed by atoms with van der Waals surface area (Å²) in [5, 5.41) is 3.25. The van der Waals surface area contributed by atoms with E-state index in [2.05, 4.69) is 22.1 Å². The minimum Gasteiger partial charge on any atom is -0.366 e. The molecular formula is C11H16FN3. The first-order chi connectivity index (χ1) is 7.28. The van der Waals surface area contributed by atoms with Crippen LogP contribution in [0.3, 0.4) is 0 Å². The van der Waals surface area contributed by atoms with Crippen molar-refractivity contribution in [2.45, 2.75) is 19.4 Å². The van der Waals surface area contributed by atoms with Gasteiger partial charge in [-0.25, -0.2) is 4.98 Å². The number of hydrogen-bond donors (Lipinski definition) is 1. The highest BCUT2D eigenvalue weighted by Gasteiger charge is 2.20. The Labute approximate surface area is 89.3 Å². The van der Waals surface area contributed by atoms with Crippen molar-refractivity contribution in [1.29, 1.82) is 0 Å². The van der Waals surface area contributed by atoms with Crippen LogP contribution in [0.2, 0.25) is 0 Å². The third-order valence-corrected chi connectivity index (χ3v) is 2.79. The lowest BCUT2D eigenvalue weighted by Gasteiger charge is -2.14. The summed E-state index contributed by atoms with van der Waals surface area (Å²) in [4.78, 5) is 6.16. The highest BCUT2D eigenvalue weighted by Crippen LogP contribution is 2.13. The maximum atomic E-state index is 12.8. The second-order valence-corrected chi connectivity index (χ2v) is 3.87. The normalized spacial score (nSPS) is 21.9. The van der Waals surface area contributed by atoms with Gasteiger partial charge in [0.05, 0.1) is 0 Å². The van der Waals surface area contributed by atoms with Crippen molar-refractivity contribution in [2.75, 3.05) is 25.0 Å². The van der Waals surface area contributed by atoms with E-state index < -0.39 is 5.95 Å². The largest absolute Gasteiger partial charge is 0.366 e. The van der Waals surface area contributed by atoms with Gasteiger partial charge in [0.15, 0.2) is 0 Å². The summed E-state index contributed by atoms with van der Waals surface area (Å²) in [6.45, 7) is 5.37. The Hall–Kier alpha value is -1.16. The van der Waals surface area contributed by atoms with E-state index in [9.17, 15) is 4.39 Å². The minimum absolute atomic E-state index is 0.402. The molecule has 1 aromatic heterocycles. The Balaban J connectivity index is 1.92. The zero-order valence-electron chi connectivity index (χ0n) is 8.91. The van der Waals surface area contributed by atoms with E-state index in [-0.39, 0.29) is 0 Å². The fourth-order valence-corrected chi connectivity index (χ4v) is 1.94. The first-order valence-electron chi connectivity index (χ1n) is 5.39. The molecule has 3 nitrogen and oxygen atoms in total. The first kappa shape index (κ1) is 10.4. The lowest BCUT2D eigenvalue weighted by atomic mass is 10.2. The molecule has 82 valence electrons. The molecule has 4 heteroatoms. The molecule has 1 N–H and O–H groups in total. The van der Waals surface area contributed by atoms with Gasteiger partial charge in [0.1, 0.15) is 5.82 Å². The number of aromatic nitrogens is 1. The number of likely N-dealkylation sites (N-methyl/N-ethyl adjacent to an activating group) is 1. The maximum Gasteiger partial charge on any atom is 0.214 e. The molecule has 2 rings (SSSR count). The molecule has 2 heterocycles. The van der Waals surface area contributed by atoms with Gasteiger partial charge in [0.25, 0.3) is 0 Å². The summed E-state index contributed by atoms with van der Waals surface area (Å²) in [5.41, 5.74) is 0. The molecule has 15 heavy (non-hydrogen) atoms. The van der Waals surface area contributed by atoms with Crippen molar-refractivity contribution in [1.82, 2.24) is 9.88 Å². The lowest BCUT2D eigenvalue weighted by Crippen LogP contribution is -2.26. The summed E-state index contributed by atoms with van der Waals surface area (Å²) >= 11 is 0. The SMILES string of the molecule is CCN1CCC(Nc2cccc(F)n2)C1. The van der Waals surface area contributed by atoms with E-state index in [0.29, 0.717) is 11.9 Å². The van der Waals surface area contributed by atoms with Crippen LogP contribution >= 0.6 is 0 Å². The Bertz CT molecular complexity index is 329. The van der Waals surface area contributed by atoms with Crippen LogP contribution in [0, 0.1) is 5.95 Å². The van der Waals surface area contributed by atoms with Crippen LogP contribution < -0.4 is 5.32 Å². The quantitative estimate of drug-likeness (QED) is 0.768. The number of anilines is 1. The van der Waals surface area contributed by atoms with Gasteiger partial charge in [-0.05, 0) is 25.1 Å². The average Bonchev–Trinajstić information content (AvgIpc) is 2.65. The summed E-state index contributed by atoms with van der Waals surface area (Å²) in [5.74, 6) is 0.211. The molecule has 0 aromatic carbocycles. The van der Waals surface area contributed by atoms with Crippen LogP contribution in [-0.4, -0.2) is 35.6 Å². The standard InChI is InChI=1S/C11H16FN3/c1-2-15-7-6-9(8-15)13-11-5-3-4-10(12)14-11/h3-5,9H,2,6-8H2,1H3,(H,13,14). The smallest absolute Gasteiger partial charge is 0.214 e. The number of pyridine rings is 1. The van der Waals surface area contributed by atoms with Crippen molar-refractivity contribution in [3.63, 3.8) is 0 Å². The number of nitrogens with zero attached hydrogens (tertiary/aromatic N) is 2. The van der Waals surface area contributed by atoms with Gasteiger partial charge in [-0.1, -0.05) is 13.0 Å². The van der Waals surface area contributed by atoms with Crippen LogP contribution in [-0.2, 0) is 0 Å². The zero-order chi connectivity index (χ0) is 10.7. The van der Waals surface area contributed by atoms with E-state index in [1.165, 1.54) is 6.07 Å². The number of rotatable bonds is 3. The number of likely N-dealkylation sites (tertiary alicyclic amines) is 1. The predicted octanol–water partition coefficient (Wildman–Crippen LogP) is 1.73. The van der Waals surface area contributed by atoms with Crippen LogP contribution in [0.5, 0.6) is 0 Å². The van der Waals surface area contributed by atoms with Crippen LogP contribution in [0.25, 0.3) is 0 Å². The molecule has 1 atom stereocenters. The van der Waals surface area contributed by atoms with Gasteiger partial charge in [0, 0.05) is 19.1 Å². The molecule has 1 unspecified atom stereocenters. The molecule has 1 saturated heterocycles. The number of hydrogen-bond acceptors (Lipinski definition) is 3. The second kappa shape index (κ2) is 4.57. The van der Waals surface area contributed by atoms with Crippen molar-refractivity contribution < 1.29 is 4.39 Å². The average molecular weight is 209 g/mol. The second-order valence-electron chi connectivity index (χ2n) is 3.87. The molecule has 0 bridgehead atoms. The number of halogens is 1. The summed E-state index contributed by atoms with van der Waals surface area (Å²) in [7, 11) is 0. The summed E-state index contributed by atoms with van der Waals surface area (Å²) in [6, 6.07) is 5.24. The van der Waals surface area contributed by atoms with Crippen molar-refractivity contribution in [2.24, 2.45) is 0 Å². The molecule has 0 spiro atoms. The van der Waals surface area contributed by atoms with Gasteiger partial charge in [-0.15, -0.1) is 0 Å². The molecule has 0 saturated carbocycles. The topological polar surface area (TPSA) is 28.2 Å². The highest BCUT2D eigenvalue weighted by molar-refractivity contribution is 5.35. The molecule has 1 aliphatic rings. The van der Waals surface area contributed by atoms with Gasteiger partial charge < -0.3 is 10.2 Å². The monoisotopic (exact) mass is 209 g/mol. The highest BCUT2D eigenvalue weighted by atomic mass is 19.1. The lowest BCUT2D eigenvalue weighted by molar-refractivity contribution is 0.356. The predicted molar refractivity (Wildman–Crippen MR) is 58.3 cm³/mol. The van der Waals surface area contributed by atoms with Crippen LogP contribution in [0.1, 0.15) is 13.3 Å². The Morgan fingerprint density at radius 1 is 1.60 bits per heavy atom. The van der Waals surface area contributed by atoms with Gasteiger partial charge in [-0.2, -0.15) is 4.39 Å². The molecule has 1 aliphatic heterocycles. The van der Waals surface area contributed by atoms with Crippen LogP contribution in [0.4, 0.5) is 10.2 Å². The Morgan fingerprint density at radius 3 is 3.13 bits per heavy atom. The third kappa shape index (κ3) is 2.65. The Kier molecular flexibility index (Phi) is 3.16. The molecule has 1 aromatic rings. The molecule has 0 radical (unpaired) electrons. The molecule has 0 aliphatic carbocycles. The van der Waals surface area contributed by atoms with E-state index in [1.807, 2.05) is 0 Å². The Morgan fingerprint density at radius 2 is 2.47 bits per heavy atom. The minimum atomic E-state index is -0.426. The van der Waals surface area contributed by atoms with Crippen LogP contribution in [0.15, 0.2) is 18.2 Å². The molecule has 0 amide bonds. The van der Waals surface area contributed by atoms with Crippen molar-refractivity contribution in [3.05, 3.63) is 24.1 Å². The summed E-state index contributed by atoms with van der Waals surface area (Å²) < 4.78 is 12.8. The van der Waals surface area contributed by atoms with Crippen molar-refractivity contribution >= 4 is 5.82 Å². The van der Waals surface area contributed by atoms with Gasteiger partial charge in [-0.3, -0.25) is 0 Å². The molecule has 1 fully saturated rings. The summed E-state index contributed by atoms with van der Waals surface area (Å²) in [6.07, 6.45) is 1.10. The zero-order valence-corrected chi connectivity index (χ0v) is 8.91. The molecular weight excluding hydrogens is 193 g/mol. The van der Waals surface area contributed by atoms with Gasteiger partial charge in [0.2, 0.25) is 5.95 Å². The van der Waals surface area contributed by atoms with E-state index in [1.54, 1.807) is 12.1 Å². The van der Waals surface area contributed by atoms with E-state index >= 15 is 0 Å². The van der Waals surface area contributed by atoms with E-state index in [0.717, 1.165) is 26.1 Å². The number of nitrogens with one attached hydrogen (secondary N) is 1. The fraction of sp³-hybridized carbons (Fsp3) is 0.545.